The molecule has 2 aromatic carbocycles. The zero-order valence-electron chi connectivity index (χ0n) is 13.4. The van der Waals surface area contributed by atoms with E-state index in [0.717, 1.165) is 11.0 Å². The summed E-state index contributed by atoms with van der Waals surface area (Å²) >= 11 is 1.27. The monoisotopic (exact) mass is 368 g/mol. The highest BCUT2D eigenvalue weighted by Crippen LogP contribution is 2.30. The maximum absolute atomic E-state index is 13.5. The van der Waals surface area contributed by atoms with Crippen molar-refractivity contribution in [3.05, 3.63) is 65.8 Å². The molecule has 0 unspecified atom stereocenters. The number of anilines is 1. The van der Waals surface area contributed by atoms with Crippen LogP contribution < -0.4 is 10.1 Å². The van der Waals surface area contributed by atoms with Crippen LogP contribution in [0.15, 0.2) is 64.4 Å². The molecule has 2 heterocycles. The Morgan fingerprint density at radius 3 is 2.85 bits per heavy atom. The number of furan rings is 1. The molecular formula is C19H13FN2O3S. The molecule has 0 aliphatic carbocycles. The second-order valence-corrected chi connectivity index (χ2v) is 6.31. The molecule has 1 N–H and O–H groups in total. The number of hydrogen-bond donors (Lipinski definition) is 1. The normalized spacial score (nSPS) is 10.8. The fraction of sp³-hybridized carbons (Fsp3) is 0.0526. The number of halogens is 1. The van der Waals surface area contributed by atoms with Gasteiger partial charge >= 0.3 is 0 Å². The predicted octanol–water partition coefficient (Wildman–Crippen LogP) is 4.71. The molecule has 0 saturated heterocycles. The van der Waals surface area contributed by atoms with Crippen molar-refractivity contribution in [2.45, 2.75) is 0 Å². The van der Waals surface area contributed by atoms with Gasteiger partial charge in [0.2, 0.25) is 0 Å². The van der Waals surface area contributed by atoms with Gasteiger partial charge in [-0.3, -0.25) is 10.1 Å². The van der Waals surface area contributed by atoms with Crippen LogP contribution in [0.2, 0.25) is 0 Å². The summed E-state index contributed by atoms with van der Waals surface area (Å²) in [5, 5.41) is 5.84. The van der Waals surface area contributed by atoms with Gasteiger partial charge in [0.05, 0.1) is 0 Å². The minimum atomic E-state index is -0.512. The first-order valence-corrected chi connectivity index (χ1v) is 8.69. The second kappa shape index (κ2) is 6.97. The van der Waals surface area contributed by atoms with Crippen molar-refractivity contribution in [2.75, 3.05) is 11.9 Å². The molecule has 4 aromatic rings. The summed E-state index contributed by atoms with van der Waals surface area (Å²) in [6.45, 7) is -0.305. The van der Waals surface area contributed by atoms with E-state index in [1.54, 1.807) is 17.5 Å². The number of nitrogens with zero attached hydrogens (tertiary/aromatic N) is 1. The Hall–Kier alpha value is -3.19. The topological polar surface area (TPSA) is 64.4 Å². The average molecular weight is 368 g/mol. The summed E-state index contributed by atoms with van der Waals surface area (Å²) in [5.74, 6) is -0.268. The Morgan fingerprint density at radius 2 is 2.00 bits per heavy atom. The fourth-order valence-corrected chi connectivity index (χ4v) is 3.13. The van der Waals surface area contributed by atoms with Crippen LogP contribution in [0, 0.1) is 5.82 Å². The van der Waals surface area contributed by atoms with Crippen LogP contribution in [-0.2, 0) is 4.79 Å². The molecule has 0 saturated carbocycles. The number of carbonyl (C=O) groups is 1. The van der Waals surface area contributed by atoms with Gasteiger partial charge in [-0.1, -0.05) is 30.3 Å². The smallest absolute Gasteiger partial charge is 0.264 e. The second-order valence-electron chi connectivity index (χ2n) is 5.45. The first-order valence-electron chi connectivity index (χ1n) is 7.81. The highest BCUT2D eigenvalue weighted by molar-refractivity contribution is 7.14. The number of para-hydroxylation sites is 2. The molecule has 7 heteroatoms. The van der Waals surface area contributed by atoms with Gasteiger partial charge in [-0.25, -0.2) is 9.37 Å². The van der Waals surface area contributed by atoms with Gasteiger partial charge < -0.3 is 9.15 Å². The van der Waals surface area contributed by atoms with E-state index in [-0.39, 0.29) is 12.4 Å². The Morgan fingerprint density at radius 1 is 1.19 bits per heavy atom. The van der Waals surface area contributed by atoms with E-state index < -0.39 is 11.7 Å². The van der Waals surface area contributed by atoms with E-state index >= 15 is 0 Å². The van der Waals surface area contributed by atoms with Crippen molar-refractivity contribution in [3.63, 3.8) is 0 Å². The number of hydrogen-bond acceptors (Lipinski definition) is 5. The Labute approximate surface area is 152 Å². The maximum atomic E-state index is 13.5. The van der Waals surface area contributed by atoms with E-state index in [1.165, 1.54) is 23.5 Å². The molecule has 0 spiro atoms. The molecule has 0 aliphatic rings. The van der Waals surface area contributed by atoms with Crippen LogP contribution in [0.4, 0.5) is 9.52 Å². The van der Waals surface area contributed by atoms with Crippen molar-refractivity contribution in [3.8, 4) is 17.2 Å². The first-order chi connectivity index (χ1) is 12.7. The lowest BCUT2D eigenvalue weighted by atomic mass is 10.2. The van der Waals surface area contributed by atoms with Gasteiger partial charge in [-0.05, 0) is 24.3 Å². The zero-order chi connectivity index (χ0) is 17.9. The Kier molecular flexibility index (Phi) is 4.37. The molecule has 0 radical (unpaired) electrons. The Balaban J connectivity index is 1.41. The number of aromatic nitrogens is 1. The summed E-state index contributed by atoms with van der Waals surface area (Å²) in [6, 6.07) is 15.5. The summed E-state index contributed by atoms with van der Waals surface area (Å²) in [7, 11) is 0. The molecule has 5 nitrogen and oxygen atoms in total. The molecule has 0 fully saturated rings. The molecule has 0 aliphatic heterocycles. The van der Waals surface area contributed by atoms with Crippen molar-refractivity contribution >= 4 is 33.3 Å². The van der Waals surface area contributed by atoms with Crippen LogP contribution in [-0.4, -0.2) is 17.5 Å². The van der Waals surface area contributed by atoms with Crippen molar-refractivity contribution < 1.29 is 18.3 Å². The van der Waals surface area contributed by atoms with Gasteiger partial charge in [0.25, 0.3) is 5.91 Å². The average Bonchev–Trinajstić information content (AvgIpc) is 3.27. The van der Waals surface area contributed by atoms with E-state index in [0.29, 0.717) is 16.6 Å². The standard InChI is InChI=1S/C19H13FN2O3S/c20-13-6-2-4-8-16(13)24-10-18(23)22-19-21-14(11-26-19)17-9-12-5-1-3-7-15(12)25-17/h1-9,11H,10H2,(H,21,22,23). The van der Waals surface area contributed by atoms with Crippen molar-refractivity contribution in [2.24, 2.45) is 0 Å². The number of thiazole rings is 1. The third-order valence-corrected chi connectivity index (χ3v) is 4.38. The highest BCUT2D eigenvalue weighted by Gasteiger charge is 2.12. The number of fused-ring (bicyclic) bond motifs is 1. The van der Waals surface area contributed by atoms with Gasteiger partial charge in [0.1, 0.15) is 11.3 Å². The summed E-state index contributed by atoms with van der Waals surface area (Å²) in [4.78, 5) is 16.3. The SMILES string of the molecule is O=C(COc1ccccc1F)Nc1nc(-c2cc3ccccc3o2)cs1. The Bertz CT molecular complexity index is 1040. The van der Waals surface area contributed by atoms with E-state index in [2.05, 4.69) is 10.3 Å². The molecule has 2 aromatic heterocycles. The van der Waals surface area contributed by atoms with Crippen LogP contribution >= 0.6 is 11.3 Å². The van der Waals surface area contributed by atoms with Gasteiger partial charge in [0, 0.05) is 10.8 Å². The molecule has 130 valence electrons. The van der Waals surface area contributed by atoms with Crippen molar-refractivity contribution in [1.82, 2.24) is 4.98 Å². The van der Waals surface area contributed by atoms with Crippen molar-refractivity contribution in [1.29, 1.82) is 0 Å². The molecule has 26 heavy (non-hydrogen) atoms. The van der Waals surface area contributed by atoms with Crippen LogP contribution in [0.5, 0.6) is 5.75 Å². The summed E-state index contributed by atoms with van der Waals surface area (Å²) in [5.41, 5.74) is 1.41. The minimum Gasteiger partial charge on any atom is -0.481 e. The molecule has 1 amide bonds. The summed E-state index contributed by atoms with van der Waals surface area (Å²) in [6.07, 6.45) is 0. The van der Waals surface area contributed by atoms with Gasteiger partial charge in [-0.15, -0.1) is 11.3 Å². The van der Waals surface area contributed by atoms with E-state index in [1.807, 2.05) is 30.3 Å². The van der Waals surface area contributed by atoms with Crippen LogP contribution in [0.1, 0.15) is 0 Å². The number of benzene rings is 2. The number of carbonyl (C=O) groups excluding carboxylic acids is 1. The largest absolute Gasteiger partial charge is 0.481 e. The molecular weight excluding hydrogens is 355 g/mol. The van der Waals surface area contributed by atoms with E-state index in [4.69, 9.17) is 9.15 Å². The third kappa shape index (κ3) is 3.43. The van der Waals surface area contributed by atoms with Crippen LogP contribution in [0.25, 0.3) is 22.4 Å². The van der Waals surface area contributed by atoms with E-state index in [9.17, 15) is 9.18 Å². The molecule has 0 bridgehead atoms. The minimum absolute atomic E-state index is 0.0322. The number of ether oxygens (including phenoxy) is 1. The highest BCUT2D eigenvalue weighted by atomic mass is 32.1. The fourth-order valence-electron chi connectivity index (χ4n) is 2.41. The third-order valence-electron chi connectivity index (χ3n) is 3.62. The lowest BCUT2D eigenvalue weighted by Gasteiger charge is -2.06. The zero-order valence-corrected chi connectivity index (χ0v) is 14.3. The molecule has 4 rings (SSSR count). The quantitative estimate of drug-likeness (QED) is 0.554. The molecule has 0 atom stereocenters. The first kappa shape index (κ1) is 16.3. The number of amides is 1. The van der Waals surface area contributed by atoms with Gasteiger partial charge in [0.15, 0.2) is 29.1 Å². The lowest BCUT2D eigenvalue weighted by Crippen LogP contribution is -2.20. The number of rotatable bonds is 5. The van der Waals surface area contributed by atoms with Crippen LogP contribution in [0.3, 0.4) is 0 Å². The summed E-state index contributed by atoms with van der Waals surface area (Å²) < 4.78 is 24.4. The number of nitrogens with one attached hydrogen (secondary N) is 1. The van der Waals surface area contributed by atoms with Gasteiger partial charge in [-0.2, -0.15) is 0 Å². The predicted molar refractivity (Wildman–Crippen MR) is 97.8 cm³/mol. The maximum Gasteiger partial charge on any atom is 0.264 e. The lowest BCUT2D eigenvalue weighted by molar-refractivity contribution is -0.118.